The standard InChI is InChI=1S/C15H17N7S/c1-21(15-20-10(6-16)8-23-15)11-3-5-22(7-11)14-12-2-4-17-13(12)18-9-19-14/h2,4,8-9,11,15,20H,3,5,7H2,1H3,(H,17,18,19)/t11-,15?/m1/s1. The molecule has 0 radical (unpaired) electrons. The number of nitrogens with zero attached hydrogens (tertiary/aromatic N) is 5. The van der Waals surface area contributed by atoms with Crippen LogP contribution in [0.1, 0.15) is 6.42 Å². The molecule has 2 aromatic rings. The maximum Gasteiger partial charge on any atom is 0.142 e. The third kappa shape index (κ3) is 2.52. The van der Waals surface area contributed by atoms with E-state index in [1.807, 2.05) is 17.7 Å². The lowest BCUT2D eigenvalue weighted by Gasteiger charge is -2.30. The van der Waals surface area contributed by atoms with Gasteiger partial charge >= 0.3 is 0 Å². The van der Waals surface area contributed by atoms with Gasteiger partial charge in [0.15, 0.2) is 0 Å². The normalized spacial score (nSPS) is 24.0. The topological polar surface area (TPSA) is 83.9 Å². The minimum atomic E-state index is 0.132. The molecule has 2 N–H and O–H groups in total. The van der Waals surface area contributed by atoms with Crippen LogP contribution in [-0.4, -0.2) is 51.5 Å². The highest BCUT2D eigenvalue weighted by Crippen LogP contribution is 2.30. The molecule has 1 saturated heterocycles. The number of thioether (sulfide) groups is 1. The summed E-state index contributed by atoms with van der Waals surface area (Å²) in [4.78, 5) is 16.5. The molecule has 0 bridgehead atoms. The van der Waals surface area contributed by atoms with Gasteiger partial charge in [0.05, 0.1) is 5.39 Å². The number of nitriles is 1. The number of aromatic nitrogens is 3. The van der Waals surface area contributed by atoms with E-state index in [9.17, 15) is 0 Å². The van der Waals surface area contributed by atoms with Crippen molar-refractivity contribution in [1.29, 1.82) is 5.26 Å². The number of hydrogen-bond acceptors (Lipinski definition) is 7. The van der Waals surface area contributed by atoms with E-state index in [-0.39, 0.29) is 5.50 Å². The highest BCUT2D eigenvalue weighted by molar-refractivity contribution is 8.02. The summed E-state index contributed by atoms with van der Waals surface area (Å²) in [6, 6.07) is 4.62. The zero-order valence-electron chi connectivity index (χ0n) is 12.7. The molecule has 2 aliphatic heterocycles. The summed E-state index contributed by atoms with van der Waals surface area (Å²) in [5.41, 5.74) is 1.65. The zero-order chi connectivity index (χ0) is 15.8. The van der Waals surface area contributed by atoms with Gasteiger partial charge < -0.3 is 15.2 Å². The van der Waals surface area contributed by atoms with E-state index >= 15 is 0 Å². The molecule has 4 rings (SSSR count). The highest BCUT2D eigenvalue weighted by atomic mass is 32.2. The van der Waals surface area contributed by atoms with Crippen molar-refractivity contribution in [2.24, 2.45) is 0 Å². The average Bonchev–Trinajstić information content (AvgIpc) is 3.32. The summed E-state index contributed by atoms with van der Waals surface area (Å²) in [6.45, 7) is 1.90. The summed E-state index contributed by atoms with van der Waals surface area (Å²) in [5, 5.41) is 15.2. The van der Waals surface area contributed by atoms with Crippen LogP contribution in [0, 0.1) is 11.3 Å². The third-order valence-electron chi connectivity index (χ3n) is 4.46. The predicted octanol–water partition coefficient (Wildman–Crippen LogP) is 1.45. The zero-order valence-corrected chi connectivity index (χ0v) is 13.5. The monoisotopic (exact) mass is 327 g/mol. The van der Waals surface area contributed by atoms with Crippen LogP contribution in [0.5, 0.6) is 0 Å². The largest absolute Gasteiger partial charge is 0.354 e. The van der Waals surface area contributed by atoms with Gasteiger partial charge in [-0.05, 0) is 19.5 Å². The molecule has 4 heterocycles. The van der Waals surface area contributed by atoms with Crippen LogP contribution >= 0.6 is 11.8 Å². The molecule has 0 aliphatic carbocycles. The van der Waals surface area contributed by atoms with Crippen molar-refractivity contribution >= 4 is 28.6 Å². The highest BCUT2D eigenvalue weighted by Gasteiger charge is 2.32. The Labute approximate surface area is 138 Å². The Hall–Kier alpha value is -2.24. The Balaban J connectivity index is 1.47. The van der Waals surface area contributed by atoms with Crippen LogP contribution in [0.25, 0.3) is 11.0 Å². The minimum Gasteiger partial charge on any atom is -0.354 e. The van der Waals surface area contributed by atoms with Crippen molar-refractivity contribution in [3.63, 3.8) is 0 Å². The number of rotatable bonds is 3. The molecule has 0 amide bonds. The fraction of sp³-hybridized carbons (Fsp3) is 0.400. The van der Waals surface area contributed by atoms with E-state index in [1.165, 1.54) is 0 Å². The molecule has 2 aliphatic rings. The van der Waals surface area contributed by atoms with Gasteiger partial charge in [0.2, 0.25) is 0 Å². The van der Waals surface area contributed by atoms with Crippen molar-refractivity contribution in [2.75, 3.05) is 25.0 Å². The Morgan fingerprint density at radius 2 is 2.39 bits per heavy atom. The van der Waals surface area contributed by atoms with E-state index < -0.39 is 0 Å². The molecule has 0 saturated carbocycles. The first-order valence-corrected chi connectivity index (χ1v) is 8.48. The molecule has 1 fully saturated rings. The fourth-order valence-corrected chi connectivity index (χ4v) is 4.10. The number of nitrogens with one attached hydrogen (secondary N) is 2. The maximum absolute atomic E-state index is 8.96. The lowest BCUT2D eigenvalue weighted by molar-refractivity contribution is 0.228. The molecule has 118 valence electrons. The van der Waals surface area contributed by atoms with E-state index in [2.05, 4.69) is 43.2 Å². The first kappa shape index (κ1) is 14.4. The summed E-state index contributed by atoms with van der Waals surface area (Å²) < 4.78 is 0. The molecule has 2 aromatic heterocycles. The van der Waals surface area contributed by atoms with Crippen molar-refractivity contribution in [2.45, 2.75) is 18.0 Å². The first-order valence-electron chi connectivity index (χ1n) is 7.53. The van der Waals surface area contributed by atoms with Crippen LogP contribution < -0.4 is 10.2 Å². The van der Waals surface area contributed by atoms with Crippen LogP contribution in [0.4, 0.5) is 5.82 Å². The number of aromatic amines is 1. The van der Waals surface area contributed by atoms with Crippen molar-refractivity contribution in [1.82, 2.24) is 25.2 Å². The summed E-state index contributed by atoms with van der Waals surface area (Å²) >= 11 is 1.65. The van der Waals surface area contributed by atoms with Gasteiger partial charge in [-0.1, -0.05) is 11.8 Å². The number of likely N-dealkylation sites (N-methyl/N-ethyl adjacent to an activating group) is 1. The quantitative estimate of drug-likeness (QED) is 0.883. The third-order valence-corrected chi connectivity index (χ3v) is 5.54. The van der Waals surface area contributed by atoms with Gasteiger partial charge in [0, 0.05) is 30.7 Å². The van der Waals surface area contributed by atoms with Crippen LogP contribution in [0.2, 0.25) is 0 Å². The van der Waals surface area contributed by atoms with Crippen LogP contribution in [0.3, 0.4) is 0 Å². The number of allylic oxidation sites excluding steroid dienone is 1. The van der Waals surface area contributed by atoms with Crippen molar-refractivity contribution in [3.8, 4) is 6.07 Å². The lowest BCUT2D eigenvalue weighted by atomic mass is 10.2. The van der Waals surface area contributed by atoms with Crippen LogP contribution in [0.15, 0.2) is 29.7 Å². The molecule has 7 nitrogen and oxygen atoms in total. The number of fused-ring (bicyclic) bond motifs is 1. The second kappa shape index (κ2) is 5.76. The number of anilines is 1. The Kier molecular flexibility index (Phi) is 3.59. The van der Waals surface area contributed by atoms with Crippen LogP contribution in [-0.2, 0) is 0 Å². The summed E-state index contributed by atoms with van der Waals surface area (Å²) in [5.74, 6) is 0.995. The maximum atomic E-state index is 8.96. The SMILES string of the molecule is CN(C1NC(C#N)=CS1)[C@@H]1CCN(c2ncnc3[nH]ccc23)C1. The lowest BCUT2D eigenvalue weighted by Crippen LogP contribution is -2.45. The first-order chi connectivity index (χ1) is 11.3. The molecule has 1 unspecified atom stereocenters. The molecule has 2 atom stereocenters. The Morgan fingerprint density at radius 1 is 1.48 bits per heavy atom. The van der Waals surface area contributed by atoms with Gasteiger partial charge in [-0.2, -0.15) is 5.26 Å². The summed E-state index contributed by atoms with van der Waals surface area (Å²) in [6.07, 6.45) is 4.59. The Bertz CT molecular complexity index is 792. The van der Waals surface area contributed by atoms with Gasteiger partial charge in [-0.15, -0.1) is 0 Å². The van der Waals surface area contributed by atoms with Gasteiger partial charge in [-0.3, -0.25) is 4.90 Å². The second-order valence-corrected chi connectivity index (χ2v) is 6.72. The fourth-order valence-electron chi connectivity index (χ4n) is 3.16. The second-order valence-electron chi connectivity index (χ2n) is 5.77. The van der Waals surface area contributed by atoms with E-state index in [0.717, 1.165) is 36.4 Å². The number of hydrogen-bond donors (Lipinski definition) is 2. The van der Waals surface area contributed by atoms with Crippen molar-refractivity contribution in [3.05, 3.63) is 29.7 Å². The molecule has 8 heteroatoms. The molecular formula is C15H17N7S. The predicted molar refractivity (Wildman–Crippen MR) is 90.5 cm³/mol. The molecular weight excluding hydrogens is 310 g/mol. The summed E-state index contributed by atoms with van der Waals surface area (Å²) in [7, 11) is 2.11. The smallest absolute Gasteiger partial charge is 0.142 e. The van der Waals surface area contributed by atoms with Gasteiger partial charge in [-0.25, -0.2) is 9.97 Å². The molecule has 0 aromatic carbocycles. The van der Waals surface area contributed by atoms with E-state index in [4.69, 9.17) is 5.26 Å². The van der Waals surface area contributed by atoms with E-state index in [1.54, 1.807) is 18.1 Å². The van der Waals surface area contributed by atoms with E-state index in [0.29, 0.717) is 11.7 Å². The van der Waals surface area contributed by atoms with Gasteiger partial charge in [0.25, 0.3) is 0 Å². The molecule has 23 heavy (non-hydrogen) atoms. The van der Waals surface area contributed by atoms with Crippen molar-refractivity contribution < 1.29 is 0 Å². The van der Waals surface area contributed by atoms with Gasteiger partial charge in [0.1, 0.15) is 35.1 Å². The Morgan fingerprint density at radius 3 is 3.22 bits per heavy atom. The molecule has 0 spiro atoms. The average molecular weight is 327 g/mol. The number of H-pyrrole nitrogens is 1. The minimum absolute atomic E-state index is 0.132.